The highest BCUT2D eigenvalue weighted by molar-refractivity contribution is 5.99. The zero-order chi connectivity index (χ0) is 13.5. The summed E-state index contributed by atoms with van der Waals surface area (Å²) in [4.78, 5) is 22.6. The van der Waals surface area contributed by atoms with E-state index in [1.165, 1.54) is 0 Å². The van der Waals surface area contributed by atoms with Gasteiger partial charge in [0.15, 0.2) is 5.78 Å². The van der Waals surface area contributed by atoms with Gasteiger partial charge in [-0.15, -0.1) is 0 Å². The Bertz CT molecular complexity index is 478. The van der Waals surface area contributed by atoms with E-state index in [-0.39, 0.29) is 24.1 Å². The number of carbonyl (C=O) groups excluding carboxylic acids is 2. The number of hydrogen-bond donors (Lipinski definition) is 3. The van der Waals surface area contributed by atoms with Crippen molar-refractivity contribution in [3.63, 3.8) is 0 Å². The van der Waals surface area contributed by atoms with Gasteiger partial charge in [0.05, 0.1) is 12.4 Å². The molecule has 0 saturated heterocycles. The fourth-order valence-corrected chi connectivity index (χ4v) is 1.34. The zero-order valence-electron chi connectivity index (χ0n) is 9.90. The van der Waals surface area contributed by atoms with Crippen molar-refractivity contribution in [3.8, 4) is 0 Å². The molecule has 94 valence electrons. The molecule has 0 heterocycles. The lowest BCUT2D eigenvalue weighted by atomic mass is 10.1. The molecule has 0 saturated carbocycles. The second-order valence-electron chi connectivity index (χ2n) is 3.75. The minimum absolute atomic E-state index is 0.0580. The molecular weight excluding hydrogens is 230 g/mol. The van der Waals surface area contributed by atoms with Crippen molar-refractivity contribution in [2.45, 2.75) is 6.42 Å². The molecule has 0 fully saturated rings. The average Bonchev–Trinajstić information content (AvgIpc) is 2.35. The topological polar surface area (TPSA) is 96.0 Å². The Kier molecular flexibility index (Phi) is 4.80. The molecule has 0 spiro atoms. The van der Waals surface area contributed by atoms with Crippen molar-refractivity contribution in [1.29, 1.82) is 5.41 Å². The van der Waals surface area contributed by atoms with Crippen molar-refractivity contribution in [2.75, 3.05) is 6.54 Å². The highest BCUT2D eigenvalue weighted by Crippen LogP contribution is 2.05. The number of amidine groups is 1. The molecule has 1 aromatic carbocycles. The first-order chi connectivity index (χ1) is 8.52. The Morgan fingerprint density at radius 3 is 2.44 bits per heavy atom. The van der Waals surface area contributed by atoms with Gasteiger partial charge in [-0.2, -0.15) is 0 Å². The van der Waals surface area contributed by atoms with Crippen LogP contribution in [0.3, 0.4) is 0 Å². The van der Waals surface area contributed by atoms with Crippen LogP contribution in [0.25, 0.3) is 0 Å². The van der Waals surface area contributed by atoms with E-state index in [9.17, 15) is 9.59 Å². The molecule has 0 aliphatic heterocycles. The monoisotopic (exact) mass is 245 g/mol. The van der Waals surface area contributed by atoms with Crippen LogP contribution >= 0.6 is 0 Å². The summed E-state index contributed by atoms with van der Waals surface area (Å²) in [5.41, 5.74) is 6.60. The summed E-state index contributed by atoms with van der Waals surface area (Å²) in [7, 11) is 0. The average molecular weight is 245 g/mol. The number of hydrogen-bond acceptors (Lipinski definition) is 3. The van der Waals surface area contributed by atoms with Crippen LogP contribution in [0.15, 0.2) is 36.9 Å². The third-order valence-electron chi connectivity index (χ3n) is 2.26. The molecular formula is C13H15N3O2. The number of nitrogens with two attached hydrogens (primary N) is 1. The van der Waals surface area contributed by atoms with Crippen molar-refractivity contribution in [1.82, 2.24) is 5.32 Å². The molecule has 18 heavy (non-hydrogen) atoms. The number of nitrogens with one attached hydrogen (secondary N) is 2. The Morgan fingerprint density at radius 2 is 1.94 bits per heavy atom. The second-order valence-corrected chi connectivity index (χ2v) is 3.75. The van der Waals surface area contributed by atoms with Gasteiger partial charge in [0.2, 0.25) is 0 Å². The van der Waals surface area contributed by atoms with E-state index in [1.807, 2.05) is 0 Å². The number of benzene rings is 1. The normalized spacial score (nSPS) is 9.56. The predicted octanol–water partition coefficient (Wildman–Crippen LogP) is 0.650. The maximum Gasteiger partial charge on any atom is 0.251 e. The number of rotatable bonds is 6. The number of ketones is 1. The van der Waals surface area contributed by atoms with Crippen molar-refractivity contribution in [3.05, 3.63) is 48.0 Å². The van der Waals surface area contributed by atoms with Crippen molar-refractivity contribution >= 4 is 17.5 Å². The van der Waals surface area contributed by atoms with Crippen molar-refractivity contribution in [2.24, 2.45) is 5.73 Å². The summed E-state index contributed by atoms with van der Waals surface area (Å²) >= 11 is 0. The third kappa shape index (κ3) is 4.21. The summed E-state index contributed by atoms with van der Waals surface area (Å²) in [6, 6.07) is 6.72. The second kappa shape index (κ2) is 6.34. The summed E-state index contributed by atoms with van der Waals surface area (Å²) in [5, 5.41) is 9.64. The quantitative estimate of drug-likeness (QED) is 0.390. The molecule has 0 bridgehead atoms. The van der Waals surface area contributed by atoms with E-state index in [0.717, 1.165) is 11.6 Å². The molecule has 1 aromatic rings. The van der Waals surface area contributed by atoms with Gasteiger partial charge in [-0.25, -0.2) is 0 Å². The number of amides is 1. The molecule has 0 atom stereocenters. The maximum atomic E-state index is 11.6. The summed E-state index contributed by atoms with van der Waals surface area (Å²) in [6.45, 7) is 3.26. The minimum Gasteiger partial charge on any atom is -0.387 e. The Balaban J connectivity index is 2.61. The molecule has 0 aliphatic rings. The first kappa shape index (κ1) is 13.6. The molecule has 5 heteroatoms. The molecule has 5 nitrogen and oxygen atoms in total. The summed E-state index contributed by atoms with van der Waals surface area (Å²) < 4.78 is 0. The lowest BCUT2D eigenvalue weighted by Crippen LogP contribution is -2.28. The van der Waals surface area contributed by atoms with Crippen LogP contribution in [-0.4, -0.2) is 24.1 Å². The first-order valence-corrected chi connectivity index (χ1v) is 5.38. The maximum absolute atomic E-state index is 11.6. The minimum atomic E-state index is -0.320. The Morgan fingerprint density at radius 1 is 1.33 bits per heavy atom. The fraction of sp³-hybridized carbons (Fsp3) is 0.154. The lowest BCUT2D eigenvalue weighted by molar-refractivity contribution is -0.113. The van der Waals surface area contributed by atoms with E-state index in [1.54, 1.807) is 24.3 Å². The molecule has 4 N–H and O–H groups in total. The van der Waals surface area contributed by atoms with E-state index in [0.29, 0.717) is 12.0 Å². The molecule has 0 aliphatic carbocycles. The van der Waals surface area contributed by atoms with Crippen LogP contribution in [-0.2, 0) is 11.2 Å². The zero-order valence-corrected chi connectivity index (χ0v) is 9.90. The van der Waals surface area contributed by atoms with Gasteiger partial charge in [0.25, 0.3) is 5.91 Å². The van der Waals surface area contributed by atoms with E-state index in [4.69, 9.17) is 11.1 Å². The van der Waals surface area contributed by atoms with Crippen LogP contribution in [0.5, 0.6) is 0 Å². The molecule has 0 radical (unpaired) electrons. The Labute approximate surface area is 105 Å². The van der Waals surface area contributed by atoms with Gasteiger partial charge >= 0.3 is 0 Å². The van der Waals surface area contributed by atoms with Crippen LogP contribution in [0.4, 0.5) is 0 Å². The van der Waals surface area contributed by atoms with Gasteiger partial charge in [0.1, 0.15) is 0 Å². The lowest BCUT2D eigenvalue weighted by Gasteiger charge is -2.04. The predicted molar refractivity (Wildman–Crippen MR) is 69.6 cm³/mol. The highest BCUT2D eigenvalue weighted by atomic mass is 16.2. The van der Waals surface area contributed by atoms with Crippen LogP contribution < -0.4 is 11.1 Å². The summed E-state index contributed by atoms with van der Waals surface area (Å²) in [5.74, 6) is -0.486. The summed E-state index contributed by atoms with van der Waals surface area (Å²) in [6.07, 6.45) is 1.52. The molecule has 0 unspecified atom stereocenters. The number of carbonyl (C=O) groups is 2. The van der Waals surface area contributed by atoms with E-state index < -0.39 is 0 Å². The largest absolute Gasteiger partial charge is 0.387 e. The van der Waals surface area contributed by atoms with Crippen LogP contribution in [0.1, 0.15) is 15.9 Å². The first-order valence-electron chi connectivity index (χ1n) is 5.38. The van der Waals surface area contributed by atoms with Gasteiger partial charge in [-0.1, -0.05) is 18.7 Å². The standard InChI is InChI=1S/C13H15N3O2/c1-2-11(17)8-16-13(18)10-5-3-9(4-6-10)7-12(14)15/h2-6H,1,7-8H2,(H3,14,15)(H,16,18). The Hall–Kier alpha value is -2.43. The van der Waals surface area contributed by atoms with Gasteiger partial charge < -0.3 is 11.1 Å². The van der Waals surface area contributed by atoms with Gasteiger partial charge in [0, 0.05) is 12.0 Å². The van der Waals surface area contributed by atoms with Crippen molar-refractivity contribution < 1.29 is 9.59 Å². The van der Waals surface area contributed by atoms with Gasteiger partial charge in [-0.05, 0) is 23.8 Å². The molecule has 1 amide bonds. The third-order valence-corrected chi connectivity index (χ3v) is 2.26. The van der Waals surface area contributed by atoms with Crippen LogP contribution in [0.2, 0.25) is 0 Å². The highest BCUT2D eigenvalue weighted by Gasteiger charge is 2.06. The van der Waals surface area contributed by atoms with E-state index in [2.05, 4.69) is 11.9 Å². The van der Waals surface area contributed by atoms with Gasteiger partial charge in [-0.3, -0.25) is 15.0 Å². The SMILES string of the molecule is C=CC(=O)CNC(=O)c1ccc(CC(=N)N)cc1. The smallest absolute Gasteiger partial charge is 0.251 e. The fourth-order valence-electron chi connectivity index (χ4n) is 1.34. The van der Waals surface area contributed by atoms with E-state index >= 15 is 0 Å². The van der Waals surface area contributed by atoms with Crippen LogP contribution in [0, 0.1) is 5.41 Å². The molecule has 1 rings (SSSR count). The molecule has 0 aromatic heterocycles.